The number of hydrogen-bond donors (Lipinski definition) is 2. The highest BCUT2D eigenvalue weighted by Gasteiger charge is 2.24. The number of anilines is 1. The van der Waals surface area contributed by atoms with Crippen molar-refractivity contribution in [2.24, 2.45) is 0 Å². The maximum absolute atomic E-state index is 12.2. The number of carbonyl (C=O) groups excluding carboxylic acids is 1. The van der Waals surface area contributed by atoms with Crippen LogP contribution in [0.25, 0.3) is 0 Å². The number of nitrogens with one attached hydrogen (secondary N) is 2. The molecule has 3 rings (SSSR count). The standard InChI is InChI=1S/C17H20N2O2/c1-11-7-8-16(21-11)12(2)19-17(20)9-13-10-18-15-6-4-3-5-14(13)15/h3-8,12-13,18H,9-10H2,1-2H3,(H,19,20). The highest BCUT2D eigenvalue weighted by Crippen LogP contribution is 2.33. The van der Waals surface area contributed by atoms with E-state index in [4.69, 9.17) is 4.42 Å². The molecule has 0 fully saturated rings. The second kappa shape index (κ2) is 5.64. The summed E-state index contributed by atoms with van der Waals surface area (Å²) in [4.78, 5) is 12.2. The van der Waals surface area contributed by atoms with Crippen molar-refractivity contribution < 1.29 is 9.21 Å². The number of amides is 1. The van der Waals surface area contributed by atoms with Crippen LogP contribution in [0.1, 0.15) is 42.4 Å². The van der Waals surface area contributed by atoms with E-state index in [1.165, 1.54) is 5.56 Å². The van der Waals surface area contributed by atoms with Crippen molar-refractivity contribution in [1.29, 1.82) is 0 Å². The Labute approximate surface area is 124 Å². The van der Waals surface area contributed by atoms with Gasteiger partial charge in [-0.05, 0) is 37.6 Å². The average molecular weight is 284 g/mol. The predicted molar refractivity (Wildman–Crippen MR) is 82.3 cm³/mol. The molecule has 2 aromatic rings. The summed E-state index contributed by atoms with van der Waals surface area (Å²) >= 11 is 0. The predicted octanol–water partition coefficient (Wildman–Crippen LogP) is 3.36. The van der Waals surface area contributed by atoms with E-state index < -0.39 is 0 Å². The average Bonchev–Trinajstić information content (AvgIpc) is 3.06. The first-order chi connectivity index (χ1) is 10.1. The molecule has 0 spiro atoms. The molecule has 1 aliphatic heterocycles. The normalized spacial score (nSPS) is 17.9. The lowest BCUT2D eigenvalue weighted by Gasteiger charge is -2.14. The fourth-order valence-electron chi connectivity index (χ4n) is 2.82. The van der Waals surface area contributed by atoms with E-state index in [1.54, 1.807) is 0 Å². The first kappa shape index (κ1) is 13.7. The lowest BCUT2D eigenvalue weighted by Crippen LogP contribution is -2.28. The van der Waals surface area contributed by atoms with Crippen molar-refractivity contribution in [2.75, 3.05) is 11.9 Å². The molecule has 0 bridgehead atoms. The SMILES string of the molecule is Cc1ccc(C(C)NC(=O)CC2CNc3ccccc32)o1. The molecule has 0 saturated carbocycles. The summed E-state index contributed by atoms with van der Waals surface area (Å²) in [6.07, 6.45) is 0.494. The first-order valence-electron chi connectivity index (χ1n) is 7.32. The molecule has 0 radical (unpaired) electrons. The van der Waals surface area contributed by atoms with Gasteiger partial charge in [0.15, 0.2) is 0 Å². The fourth-order valence-corrected chi connectivity index (χ4v) is 2.82. The van der Waals surface area contributed by atoms with Crippen molar-refractivity contribution in [3.63, 3.8) is 0 Å². The quantitative estimate of drug-likeness (QED) is 0.905. The molecule has 2 heterocycles. The van der Waals surface area contributed by atoms with E-state index in [2.05, 4.69) is 22.8 Å². The van der Waals surface area contributed by atoms with Gasteiger partial charge in [0.2, 0.25) is 5.91 Å². The molecular formula is C17H20N2O2. The zero-order valence-corrected chi connectivity index (χ0v) is 12.3. The number of aryl methyl sites for hydroxylation is 1. The molecule has 2 atom stereocenters. The van der Waals surface area contributed by atoms with Gasteiger partial charge >= 0.3 is 0 Å². The zero-order chi connectivity index (χ0) is 14.8. The highest BCUT2D eigenvalue weighted by molar-refractivity contribution is 5.78. The van der Waals surface area contributed by atoms with Gasteiger partial charge in [0, 0.05) is 24.6 Å². The number of carbonyl (C=O) groups is 1. The zero-order valence-electron chi connectivity index (χ0n) is 12.3. The maximum atomic E-state index is 12.2. The number of fused-ring (bicyclic) bond motifs is 1. The molecule has 110 valence electrons. The number of hydrogen-bond acceptors (Lipinski definition) is 3. The highest BCUT2D eigenvalue weighted by atomic mass is 16.3. The van der Waals surface area contributed by atoms with Gasteiger partial charge in [-0.25, -0.2) is 0 Å². The van der Waals surface area contributed by atoms with Gasteiger partial charge in [-0.3, -0.25) is 4.79 Å². The number of furan rings is 1. The molecule has 4 heteroatoms. The van der Waals surface area contributed by atoms with Crippen LogP contribution in [0.3, 0.4) is 0 Å². The second-order valence-electron chi connectivity index (χ2n) is 5.61. The van der Waals surface area contributed by atoms with Crippen molar-refractivity contribution in [2.45, 2.75) is 32.2 Å². The van der Waals surface area contributed by atoms with E-state index >= 15 is 0 Å². The van der Waals surface area contributed by atoms with Crippen LogP contribution in [0.15, 0.2) is 40.8 Å². The third-order valence-corrected chi connectivity index (χ3v) is 3.94. The summed E-state index contributed by atoms with van der Waals surface area (Å²) < 4.78 is 5.55. The molecule has 2 unspecified atom stereocenters. The van der Waals surface area contributed by atoms with Gasteiger partial charge in [0.05, 0.1) is 6.04 Å². The Morgan fingerprint density at radius 1 is 1.38 bits per heavy atom. The molecule has 21 heavy (non-hydrogen) atoms. The van der Waals surface area contributed by atoms with Crippen molar-refractivity contribution in [3.05, 3.63) is 53.5 Å². The third-order valence-electron chi connectivity index (χ3n) is 3.94. The number of benzene rings is 1. The minimum absolute atomic E-state index is 0.0556. The van der Waals surface area contributed by atoms with Gasteiger partial charge in [0.1, 0.15) is 11.5 Å². The van der Waals surface area contributed by atoms with Gasteiger partial charge in [0.25, 0.3) is 0 Å². The second-order valence-corrected chi connectivity index (χ2v) is 5.61. The molecule has 4 nitrogen and oxygen atoms in total. The molecule has 1 aliphatic rings. The van der Waals surface area contributed by atoms with Gasteiger partial charge < -0.3 is 15.1 Å². The summed E-state index contributed by atoms with van der Waals surface area (Å²) in [6.45, 7) is 4.66. The topological polar surface area (TPSA) is 54.3 Å². The summed E-state index contributed by atoms with van der Waals surface area (Å²) in [5, 5.41) is 6.35. The number of para-hydroxylation sites is 1. The Kier molecular flexibility index (Phi) is 3.69. The van der Waals surface area contributed by atoms with Crippen LogP contribution in [0, 0.1) is 6.92 Å². The largest absolute Gasteiger partial charge is 0.464 e. The van der Waals surface area contributed by atoms with Crippen LogP contribution in [-0.2, 0) is 4.79 Å². The van der Waals surface area contributed by atoms with E-state index in [-0.39, 0.29) is 17.9 Å². The Morgan fingerprint density at radius 3 is 2.95 bits per heavy atom. The fraction of sp³-hybridized carbons (Fsp3) is 0.353. The Hall–Kier alpha value is -2.23. The van der Waals surface area contributed by atoms with Crippen LogP contribution >= 0.6 is 0 Å². The van der Waals surface area contributed by atoms with Gasteiger partial charge in [-0.2, -0.15) is 0 Å². The third kappa shape index (κ3) is 2.94. The molecule has 2 N–H and O–H groups in total. The van der Waals surface area contributed by atoms with E-state index in [9.17, 15) is 4.79 Å². The van der Waals surface area contributed by atoms with Crippen molar-refractivity contribution in [3.8, 4) is 0 Å². The van der Waals surface area contributed by atoms with Gasteiger partial charge in [-0.15, -0.1) is 0 Å². The van der Waals surface area contributed by atoms with Crippen molar-refractivity contribution in [1.82, 2.24) is 5.32 Å². The summed E-state index contributed by atoms with van der Waals surface area (Å²) in [7, 11) is 0. The molecule has 0 aliphatic carbocycles. The lowest BCUT2D eigenvalue weighted by molar-refractivity contribution is -0.122. The molecule has 1 amide bonds. The van der Waals surface area contributed by atoms with Crippen molar-refractivity contribution >= 4 is 11.6 Å². The molecule has 0 saturated heterocycles. The maximum Gasteiger partial charge on any atom is 0.221 e. The van der Waals surface area contributed by atoms with Crippen LogP contribution in [0.4, 0.5) is 5.69 Å². The van der Waals surface area contributed by atoms with E-state index in [1.807, 2.05) is 38.1 Å². The summed E-state index contributed by atoms with van der Waals surface area (Å²) in [5.74, 6) is 1.96. The minimum atomic E-state index is -0.101. The Balaban J connectivity index is 1.60. The summed E-state index contributed by atoms with van der Waals surface area (Å²) in [5.41, 5.74) is 2.37. The lowest BCUT2D eigenvalue weighted by atomic mass is 9.97. The minimum Gasteiger partial charge on any atom is -0.464 e. The van der Waals surface area contributed by atoms with E-state index in [0.717, 1.165) is 23.8 Å². The van der Waals surface area contributed by atoms with Crippen LogP contribution in [-0.4, -0.2) is 12.5 Å². The smallest absolute Gasteiger partial charge is 0.221 e. The molecule has 1 aromatic carbocycles. The van der Waals surface area contributed by atoms with Crippen LogP contribution < -0.4 is 10.6 Å². The Bertz CT molecular complexity index is 648. The molecule has 1 aromatic heterocycles. The van der Waals surface area contributed by atoms with Crippen LogP contribution in [0.2, 0.25) is 0 Å². The Morgan fingerprint density at radius 2 is 2.19 bits per heavy atom. The van der Waals surface area contributed by atoms with Gasteiger partial charge in [-0.1, -0.05) is 18.2 Å². The molecular weight excluding hydrogens is 264 g/mol. The first-order valence-corrected chi connectivity index (χ1v) is 7.32. The number of rotatable bonds is 4. The van der Waals surface area contributed by atoms with E-state index in [0.29, 0.717) is 6.42 Å². The summed E-state index contributed by atoms with van der Waals surface area (Å²) in [6, 6.07) is 11.9. The monoisotopic (exact) mass is 284 g/mol. The van der Waals surface area contributed by atoms with Crippen LogP contribution in [0.5, 0.6) is 0 Å².